The minimum absolute atomic E-state index is 0. The van der Waals surface area contributed by atoms with Crippen LogP contribution in [0, 0.1) is 6.08 Å². The van der Waals surface area contributed by atoms with Crippen molar-refractivity contribution in [2.45, 2.75) is 0 Å². The fourth-order valence-corrected chi connectivity index (χ4v) is 0.704. The van der Waals surface area contributed by atoms with Crippen molar-refractivity contribution in [3.8, 4) is 0 Å². The average Bonchev–Trinajstić information content (AvgIpc) is 2.03. The van der Waals surface area contributed by atoms with Gasteiger partial charge in [-0.2, -0.15) is 24.8 Å². The smallest absolute Gasteiger partial charge is 0.194 e. The molecular formula is C10H9Cu. The van der Waals surface area contributed by atoms with Crippen LogP contribution in [0.5, 0.6) is 0 Å². The molecule has 0 heterocycles. The summed E-state index contributed by atoms with van der Waals surface area (Å²) in [6, 6.07) is 10.0. The van der Waals surface area contributed by atoms with Crippen LogP contribution < -0.4 is 0 Å². The van der Waals surface area contributed by atoms with Crippen molar-refractivity contribution in [3.05, 3.63) is 54.6 Å². The van der Waals surface area contributed by atoms with Gasteiger partial charge in [-0.05, 0) is 0 Å². The first-order chi connectivity index (χ1) is 4.93. The van der Waals surface area contributed by atoms with E-state index in [0.29, 0.717) is 0 Å². The van der Waals surface area contributed by atoms with Gasteiger partial charge >= 0.3 is 17.1 Å². The van der Waals surface area contributed by atoms with Crippen LogP contribution in [0.25, 0.3) is 6.08 Å². The Kier molecular flexibility index (Phi) is 5.54. The molecule has 0 aliphatic rings. The number of hydrogen-bond donors (Lipinski definition) is 0. The normalized spacial score (nSPS) is 9.09. The van der Waals surface area contributed by atoms with E-state index in [2.05, 4.69) is 12.7 Å². The molecule has 0 unspecified atom stereocenters. The van der Waals surface area contributed by atoms with Crippen LogP contribution in [0.15, 0.2) is 43.0 Å². The molecule has 1 rings (SSSR count). The topological polar surface area (TPSA) is 0 Å². The van der Waals surface area contributed by atoms with Gasteiger partial charge < -0.3 is 0 Å². The van der Waals surface area contributed by atoms with E-state index in [0.717, 1.165) is 5.56 Å². The maximum Gasteiger partial charge on any atom is 1.00 e. The molecule has 0 aliphatic carbocycles. The maximum absolute atomic E-state index is 3.53. The summed E-state index contributed by atoms with van der Waals surface area (Å²) in [6.45, 7) is 3.53. The molecule has 0 aliphatic heterocycles. The van der Waals surface area contributed by atoms with Crippen LogP contribution in [0.2, 0.25) is 0 Å². The summed E-state index contributed by atoms with van der Waals surface area (Å²) in [5.41, 5.74) is 1.16. The summed E-state index contributed by atoms with van der Waals surface area (Å²) in [5.74, 6) is 0. The van der Waals surface area contributed by atoms with Crippen molar-refractivity contribution in [1.29, 1.82) is 0 Å². The number of rotatable bonds is 2. The number of allylic oxidation sites excluding steroid dienone is 2. The Balaban J connectivity index is 0.000001000. The van der Waals surface area contributed by atoms with Crippen molar-refractivity contribution in [2.24, 2.45) is 0 Å². The number of hydrogen-bond acceptors (Lipinski definition) is 0. The van der Waals surface area contributed by atoms with E-state index in [-0.39, 0.29) is 17.1 Å². The van der Waals surface area contributed by atoms with Gasteiger partial charge in [-0.25, -0.2) is 0 Å². The van der Waals surface area contributed by atoms with Crippen molar-refractivity contribution in [3.63, 3.8) is 0 Å². The second kappa shape index (κ2) is 5.96. The maximum atomic E-state index is 3.53. The van der Waals surface area contributed by atoms with E-state index in [1.54, 1.807) is 6.08 Å². The first kappa shape index (κ1) is 10.2. The molecule has 0 radical (unpaired) electrons. The van der Waals surface area contributed by atoms with Crippen LogP contribution in [0.4, 0.5) is 0 Å². The minimum Gasteiger partial charge on any atom is -0.194 e. The second-order valence-electron chi connectivity index (χ2n) is 1.93. The van der Waals surface area contributed by atoms with Crippen LogP contribution >= 0.6 is 0 Å². The van der Waals surface area contributed by atoms with E-state index in [9.17, 15) is 0 Å². The van der Waals surface area contributed by atoms with Gasteiger partial charge in [-0.15, -0.1) is 17.7 Å². The van der Waals surface area contributed by atoms with E-state index in [1.165, 1.54) is 0 Å². The largest absolute Gasteiger partial charge is 1.00 e. The van der Waals surface area contributed by atoms with E-state index in [1.807, 2.05) is 36.4 Å². The predicted octanol–water partition coefficient (Wildman–Crippen LogP) is 2.69. The fourth-order valence-electron chi connectivity index (χ4n) is 0.704. The molecule has 0 saturated heterocycles. The van der Waals surface area contributed by atoms with Crippen molar-refractivity contribution >= 4 is 6.08 Å². The molecule has 60 valence electrons. The molecule has 0 atom stereocenters. The molecule has 0 bridgehead atoms. The van der Waals surface area contributed by atoms with Gasteiger partial charge in [-0.3, -0.25) is 0 Å². The third-order valence-electron chi connectivity index (χ3n) is 1.17. The van der Waals surface area contributed by atoms with Gasteiger partial charge in [0.2, 0.25) is 0 Å². The van der Waals surface area contributed by atoms with Crippen LogP contribution in [0.1, 0.15) is 5.56 Å². The predicted molar refractivity (Wildman–Crippen MR) is 44.3 cm³/mol. The molecular weight excluding hydrogens is 184 g/mol. The molecule has 0 fully saturated rings. The molecule has 0 spiro atoms. The van der Waals surface area contributed by atoms with Gasteiger partial charge in [0.1, 0.15) is 0 Å². The summed E-state index contributed by atoms with van der Waals surface area (Å²) in [4.78, 5) is 0. The SMILES string of the molecule is C=C[C-]=Cc1ccccc1.[Cu+]. The Bertz CT molecular complexity index is 224. The van der Waals surface area contributed by atoms with E-state index in [4.69, 9.17) is 0 Å². The van der Waals surface area contributed by atoms with Crippen molar-refractivity contribution in [2.75, 3.05) is 0 Å². The van der Waals surface area contributed by atoms with Crippen LogP contribution in [-0.4, -0.2) is 0 Å². The van der Waals surface area contributed by atoms with Crippen molar-refractivity contribution < 1.29 is 17.1 Å². The number of benzene rings is 1. The van der Waals surface area contributed by atoms with E-state index < -0.39 is 0 Å². The minimum atomic E-state index is 0. The monoisotopic (exact) mass is 192 g/mol. The Morgan fingerprint density at radius 3 is 2.36 bits per heavy atom. The molecule has 0 amide bonds. The Morgan fingerprint density at radius 2 is 1.82 bits per heavy atom. The summed E-state index contributed by atoms with van der Waals surface area (Å²) >= 11 is 0. The molecule has 1 heteroatoms. The second-order valence-corrected chi connectivity index (χ2v) is 1.93. The van der Waals surface area contributed by atoms with Crippen molar-refractivity contribution in [1.82, 2.24) is 0 Å². The van der Waals surface area contributed by atoms with Crippen LogP contribution in [-0.2, 0) is 17.1 Å². The van der Waals surface area contributed by atoms with Gasteiger partial charge in [-0.1, -0.05) is 18.2 Å². The average molecular weight is 193 g/mol. The molecule has 0 aromatic heterocycles. The van der Waals surface area contributed by atoms with Crippen LogP contribution in [0.3, 0.4) is 0 Å². The molecule has 11 heavy (non-hydrogen) atoms. The summed E-state index contributed by atoms with van der Waals surface area (Å²) in [7, 11) is 0. The summed E-state index contributed by atoms with van der Waals surface area (Å²) < 4.78 is 0. The zero-order chi connectivity index (χ0) is 7.23. The van der Waals surface area contributed by atoms with E-state index >= 15 is 0 Å². The fraction of sp³-hybridized carbons (Fsp3) is 0. The van der Waals surface area contributed by atoms with Gasteiger partial charge in [0.25, 0.3) is 0 Å². The molecule has 0 N–H and O–H groups in total. The summed E-state index contributed by atoms with van der Waals surface area (Å²) in [5, 5.41) is 0. The third kappa shape index (κ3) is 3.82. The zero-order valence-electron chi connectivity index (χ0n) is 6.05. The summed E-state index contributed by atoms with van der Waals surface area (Å²) in [6.07, 6.45) is 6.45. The molecule has 0 saturated carbocycles. The Hall–Kier alpha value is -0.781. The zero-order valence-corrected chi connectivity index (χ0v) is 6.99. The third-order valence-corrected chi connectivity index (χ3v) is 1.17. The van der Waals surface area contributed by atoms with Gasteiger partial charge in [0, 0.05) is 0 Å². The Labute approximate surface area is 78.1 Å². The first-order valence-electron chi connectivity index (χ1n) is 3.18. The quantitative estimate of drug-likeness (QED) is 0.384. The molecule has 0 nitrogen and oxygen atoms in total. The molecule has 1 aromatic rings. The Morgan fingerprint density at radius 1 is 1.18 bits per heavy atom. The van der Waals surface area contributed by atoms with Gasteiger partial charge in [0.05, 0.1) is 0 Å². The molecule has 1 aromatic carbocycles. The standard InChI is InChI=1S/C10H9.Cu/c1-2-3-7-10-8-5-4-6-9-10;/h2,4-9H,1H2;/q-1;+1. The first-order valence-corrected chi connectivity index (χ1v) is 3.18. The van der Waals surface area contributed by atoms with Gasteiger partial charge in [0.15, 0.2) is 0 Å².